The Balaban J connectivity index is 1.55. The molecular weight excluding hydrogens is 262 g/mol. The molecule has 0 spiro atoms. The molecule has 0 atom stereocenters. The van der Waals surface area contributed by atoms with E-state index in [1.165, 1.54) is 31.2 Å². The summed E-state index contributed by atoms with van der Waals surface area (Å²) in [6.45, 7) is 6.80. The van der Waals surface area contributed by atoms with E-state index in [9.17, 15) is 0 Å². The Labute approximate surface area is 126 Å². The molecule has 5 nitrogen and oxygen atoms in total. The summed E-state index contributed by atoms with van der Waals surface area (Å²) in [6, 6.07) is 2.70. The number of aromatic nitrogens is 4. The third-order valence-electron chi connectivity index (χ3n) is 4.36. The van der Waals surface area contributed by atoms with Crippen LogP contribution in [0, 0.1) is 6.92 Å². The van der Waals surface area contributed by atoms with E-state index in [-0.39, 0.29) is 0 Å². The molecule has 2 heterocycles. The van der Waals surface area contributed by atoms with Crippen molar-refractivity contribution in [1.82, 2.24) is 24.9 Å². The Hall–Kier alpha value is -1.62. The zero-order chi connectivity index (χ0) is 14.7. The van der Waals surface area contributed by atoms with Crippen molar-refractivity contribution in [3.05, 3.63) is 35.4 Å². The third kappa shape index (κ3) is 3.35. The fourth-order valence-electron chi connectivity index (χ4n) is 3.05. The Morgan fingerprint density at radius 1 is 1.24 bits per heavy atom. The smallest absolute Gasteiger partial charge is 0.0762 e. The minimum absolute atomic E-state index is 0.623. The van der Waals surface area contributed by atoms with Crippen LogP contribution >= 0.6 is 0 Å². The van der Waals surface area contributed by atoms with Crippen LogP contribution in [0.3, 0.4) is 0 Å². The number of nitrogens with zero attached hydrogens (tertiary/aromatic N) is 4. The average molecular weight is 287 g/mol. The lowest BCUT2D eigenvalue weighted by molar-refractivity contribution is 0.464. The highest BCUT2D eigenvalue weighted by atomic mass is 15.3. The summed E-state index contributed by atoms with van der Waals surface area (Å²) >= 11 is 0. The van der Waals surface area contributed by atoms with Gasteiger partial charge in [-0.1, -0.05) is 12.8 Å². The molecular formula is C16H25N5. The van der Waals surface area contributed by atoms with Gasteiger partial charge >= 0.3 is 0 Å². The van der Waals surface area contributed by atoms with Crippen LogP contribution in [0.15, 0.2) is 18.5 Å². The first-order chi connectivity index (χ1) is 10.3. The maximum atomic E-state index is 4.69. The monoisotopic (exact) mass is 287 g/mol. The zero-order valence-corrected chi connectivity index (χ0v) is 13.0. The molecule has 0 aliphatic heterocycles. The number of nitrogens with one attached hydrogen (secondary N) is 1. The van der Waals surface area contributed by atoms with Gasteiger partial charge in [-0.3, -0.25) is 9.36 Å². The summed E-state index contributed by atoms with van der Waals surface area (Å²) in [5, 5.41) is 12.6. The van der Waals surface area contributed by atoms with Crippen LogP contribution in [-0.4, -0.2) is 19.6 Å². The highest BCUT2D eigenvalue weighted by molar-refractivity contribution is 5.16. The van der Waals surface area contributed by atoms with E-state index in [0.717, 1.165) is 31.0 Å². The second-order valence-corrected chi connectivity index (χ2v) is 5.92. The van der Waals surface area contributed by atoms with Gasteiger partial charge in [-0.05, 0) is 32.8 Å². The zero-order valence-electron chi connectivity index (χ0n) is 13.0. The van der Waals surface area contributed by atoms with Crippen LogP contribution in [0.4, 0.5) is 0 Å². The summed E-state index contributed by atoms with van der Waals surface area (Å²) in [5.41, 5.74) is 3.54. The van der Waals surface area contributed by atoms with Gasteiger partial charge in [0.05, 0.1) is 17.4 Å². The normalized spacial score (nSPS) is 15.9. The Kier molecular flexibility index (Phi) is 4.39. The van der Waals surface area contributed by atoms with Gasteiger partial charge < -0.3 is 5.32 Å². The number of hydrogen-bond donors (Lipinski definition) is 1. The predicted molar refractivity (Wildman–Crippen MR) is 82.9 cm³/mol. The summed E-state index contributed by atoms with van der Waals surface area (Å²) in [5.74, 6) is 0. The second kappa shape index (κ2) is 6.43. The number of hydrogen-bond acceptors (Lipinski definition) is 3. The molecule has 0 saturated heterocycles. The van der Waals surface area contributed by atoms with Gasteiger partial charge in [0.25, 0.3) is 0 Å². The van der Waals surface area contributed by atoms with Gasteiger partial charge in [-0.2, -0.15) is 10.2 Å². The van der Waals surface area contributed by atoms with Gasteiger partial charge in [0.1, 0.15) is 0 Å². The van der Waals surface area contributed by atoms with Gasteiger partial charge in [0.15, 0.2) is 0 Å². The van der Waals surface area contributed by atoms with E-state index in [1.54, 1.807) is 0 Å². The van der Waals surface area contributed by atoms with Crippen molar-refractivity contribution in [1.29, 1.82) is 0 Å². The maximum absolute atomic E-state index is 4.69. The molecule has 3 rings (SSSR count). The van der Waals surface area contributed by atoms with Gasteiger partial charge in [0.2, 0.25) is 0 Å². The molecule has 1 aliphatic rings. The minimum atomic E-state index is 0.623. The standard InChI is InChI=1S/C16H25N5/c1-3-20-9-8-15(19-20)11-17-10-14-12-21(18-13(14)2)16-6-4-5-7-16/h8-9,12,16-17H,3-7,10-11H2,1-2H3. The van der Waals surface area contributed by atoms with Crippen molar-refractivity contribution in [3.8, 4) is 0 Å². The first-order valence-electron chi connectivity index (χ1n) is 8.04. The van der Waals surface area contributed by atoms with Crippen LogP contribution in [0.25, 0.3) is 0 Å². The summed E-state index contributed by atoms with van der Waals surface area (Å²) < 4.78 is 4.14. The minimum Gasteiger partial charge on any atom is -0.307 e. The SMILES string of the molecule is CCn1ccc(CNCc2cn(C3CCCC3)nc2C)n1. The fraction of sp³-hybridized carbons (Fsp3) is 0.625. The lowest BCUT2D eigenvalue weighted by atomic mass is 10.2. The Bertz CT molecular complexity index is 577. The van der Waals surface area contributed by atoms with Gasteiger partial charge in [0, 0.05) is 37.6 Å². The van der Waals surface area contributed by atoms with E-state index >= 15 is 0 Å². The lowest BCUT2D eigenvalue weighted by Gasteiger charge is -2.08. The van der Waals surface area contributed by atoms with Crippen molar-refractivity contribution in [3.63, 3.8) is 0 Å². The lowest BCUT2D eigenvalue weighted by Crippen LogP contribution is -2.13. The molecule has 2 aromatic rings. The predicted octanol–water partition coefficient (Wildman–Crippen LogP) is 2.81. The van der Waals surface area contributed by atoms with Crippen molar-refractivity contribution < 1.29 is 0 Å². The molecule has 1 saturated carbocycles. The van der Waals surface area contributed by atoms with E-state index < -0.39 is 0 Å². The van der Waals surface area contributed by atoms with Crippen LogP contribution in [-0.2, 0) is 19.6 Å². The maximum Gasteiger partial charge on any atom is 0.0762 e. The Morgan fingerprint density at radius 2 is 2.05 bits per heavy atom. The van der Waals surface area contributed by atoms with Gasteiger partial charge in [-0.25, -0.2) is 0 Å². The van der Waals surface area contributed by atoms with E-state index in [2.05, 4.69) is 41.2 Å². The van der Waals surface area contributed by atoms with Crippen LogP contribution in [0.5, 0.6) is 0 Å². The first kappa shape index (κ1) is 14.3. The Morgan fingerprint density at radius 3 is 2.76 bits per heavy atom. The fourth-order valence-corrected chi connectivity index (χ4v) is 3.05. The molecule has 0 amide bonds. The molecule has 0 unspecified atom stereocenters. The summed E-state index contributed by atoms with van der Waals surface area (Å²) in [6.07, 6.45) is 9.50. The molecule has 1 N–H and O–H groups in total. The molecule has 1 aliphatic carbocycles. The molecule has 0 radical (unpaired) electrons. The summed E-state index contributed by atoms with van der Waals surface area (Å²) in [4.78, 5) is 0. The molecule has 5 heteroatoms. The van der Waals surface area contributed by atoms with E-state index in [0.29, 0.717) is 6.04 Å². The van der Waals surface area contributed by atoms with Gasteiger partial charge in [-0.15, -0.1) is 0 Å². The van der Waals surface area contributed by atoms with Crippen molar-refractivity contribution >= 4 is 0 Å². The number of aryl methyl sites for hydroxylation is 2. The largest absolute Gasteiger partial charge is 0.307 e. The van der Waals surface area contributed by atoms with Crippen molar-refractivity contribution in [2.75, 3.05) is 0 Å². The van der Waals surface area contributed by atoms with Crippen LogP contribution < -0.4 is 5.32 Å². The molecule has 114 valence electrons. The van der Waals surface area contributed by atoms with Crippen LogP contribution in [0.2, 0.25) is 0 Å². The topological polar surface area (TPSA) is 47.7 Å². The van der Waals surface area contributed by atoms with Crippen molar-refractivity contribution in [2.45, 2.75) is 65.2 Å². The molecule has 0 aromatic carbocycles. The number of rotatable bonds is 6. The van der Waals surface area contributed by atoms with E-state index in [4.69, 9.17) is 5.10 Å². The first-order valence-corrected chi connectivity index (χ1v) is 8.04. The quantitative estimate of drug-likeness (QED) is 0.888. The van der Waals surface area contributed by atoms with Crippen molar-refractivity contribution in [2.24, 2.45) is 0 Å². The van der Waals surface area contributed by atoms with E-state index in [1.807, 2.05) is 10.9 Å². The molecule has 21 heavy (non-hydrogen) atoms. The second-order valence-electron chi connectivity index (χ2n) is 5.92. The molecule has 2 aromatic heterocycles. The molecule has 0 bridgehead atoms. The third-order valence-corrected chi connectivity index (χ3v) is 4.36. The van der Waals surface area contributed by atoms with Crippen LogP contribution in [0.1, 0.15) is 55.6 Å². The highest BCUT2D eigenvalue weighted by Gasteiger charge is 2.18. The highest BCUT2D eigenvalue weighted by Crippen LogP contribution is 2.29. The summed E-state index contributed by atoms with van der Waals surface area (Å²) in [7, 11) is 0. The average Bonchev–Trinajstić information content (AvgIpc) is 3.20. The molecule has 1 fully saturated rings.